The van der Waals surface area contributed by atoms with Crippen molar-refractivity contribution in [2.45, 2.75) is 12.8 Å². The van der Waals surface area contributed by atoms with E-state index >= 15 is 0 Å². The highest BCUT2D eigenvalue weighted by atomic mass is 35.5. The molecule has 1 aromatic heterocycles. The molecule has 124 valence electrons. The van der Waals surface area contributed by atoms with Crippen LogP contribution in [0.1, 0.15) is 22.5 Å². The second-order valence-electron chi connectivity index (χ2n) is 6.10. The van der Waals surface area contributed by atoms with E-state index in [-0.39, 0.29) is 0 Å². The molecule has 4 heteroatoms. The van der Waals surface area contributed by atoms with Gasteiger partial charge in [0.1, 0.15) is 5.82 Å². The summed E-state index contributed by atoms with van der Waals surface area (Å²) >= 11 is 11.9. The highest BCUT2D eigenvalue weighted by molar-refractivity contribution is 6.30. The zero-order valence-electron chi connectivity index (χ0n) is 13.5. The smallest absolute Gasteiger partial charge is 0.111 e. The van der Waals surface area contributed by atoms with Gasteiger partial charge in [0, 0.05) is 16.5 Å². The monoisotopic (exact) mass is 366 g/mol. The van der Waals surface area contributed by atoms with E-state index < -0.39 is 0 Å². The lowest BCUT2D eigenvalue weighted by Crippen LogP contribution is -1.91. The van der Waals surface area contributed by atoms with Crippen LogP contribution in [0, 0.1) is 0 Å². The molecule has 0 aliphatic rings. The Morgan fingerprint density at radius 1 is 0.720 bits per heavy atom. The lowest BCUT2D eigenvalue weighted by Gasteiger charge is -2.03. The fraction of sp³-hybridized carbons (Fsp3) is 0.0952. The Morgan fingerprint density at radius 2 is 1.32 bits per heavy atom. The molecule has 0 spiro atoms. The van der Waals surface area contributed by atoms with Crippen molar-refractivity contribution in [1.82, 2.24) is 9.97 Å². The maximum atomic E-state index is 5.97. The van der Waals surface area contributed by atoms with Crippen LogP contribution in [0.4, 0.5) is 0 Å². The van der Waals surface area contributed by atoms with E-state index in [4.69, 9.17) is 28.2 Å². The molecular weight excluding hydrogens is 351 g/mol. The summed E-state index contributed by atoms with van der Waals surface area (Å²) in [5.41, 5.74) is 5.71. The summed E-state index contributed by atoms with van der Waals surface area (Å²) in [7, 11) is 0. The van der Waals surface area contributed by atoms with E-state index in [1.54, 1.807) is 0 Å². The van der Waals surface area contributed by atoms with E-state index in [0.29, 0.717) is 0 Å². The molecule has 0 bridgehead atoms. The van der Waals surface area contributed by atoms with Crippen LogP contribution in [0.25, 0.3) is 11.0 Å². The number of halogens is 2. The Labute approximate surface area is 156 Å². The van der Waals surface area contributed by atoms with Gasteiger partial charge in [-0.25, -0.2) is 4.98 Å². The molecule has 0 amide bonds. The van der Waals surface area contributed by atoms with E-state index in [9.17, 15) is 0 Å². The standard InChI is InChI=1S/C21H16Cl2N2/c22-17-8-4-14(5-9-17)12-16-2-1-3-19-21(16)25-20(24-19)13-15-6-10-18(23)11-7-15/h1-11H,12-13H2,(H,24,25). The number of fused-ring (bicyclic) bond motifs is 1. The fourth-order valence-corrected chi connectivity index (χ4v) is 3.24. The first-order chi connectivity index (χ1) is 12.2. The van der Waals surface area contributed by atoms with Crippen molar-refractivity contribution in [1.29, 1.82) is 0 Å². The van der Waals surface area contributed by atoms with Crippen LogP contribution >= 0.6 is 23.2 Å². The third-order valence-electron chi connectivity index (χ3n) is 4.24. The van der Waals surface area contributed by atoms with Crippen molar-refractivity contribution in [3.63, 3.8) is 0 Å². The average Bonchev–Trinajstić information content (AvgIpc) is 3.02. The average molecular weight is 367 g/mol. The molecule has 1 N–H and O–H groups in total. The number of H-pyrrole nitrogens is 1. The molecule has 0 fully saturated rings. The minimum absolute atomic E-state index is 0.749. The summed E-state index contributed by atoms with van der Waals surface area (Å²) < 4.78 is 0. The number of nitrogens with zero attached hydrogens (tertiary/aromatic N) is 1. The van der Waals surface area contributed by atoms with Crippen LogP contribution in [0.5, 0.6) is 0 Å². The summed E-state index contributed by atoms with van der Waals surface area (Å²) in [5.74, 6) is 0.959. The lowest BCUT2D eigenvalue weighted by molar-refractivity contribution is 1.04. The third-order valence-corrected chi connectivity index (χ3v) is 4.74. The number of para-hydroxylation sites is 1. The number of nitrogens with one attached hydrogen (secondary N) is 1. The second kappa shape index (κ2) is 6.91. The summed E-state index contributed by atoms with van der Waals surface area (Å²) in [4.78, 5) is 8.26. The molecule has 0 unspecified atom stereocenters. The van der Waals surface area contributed by atoms with Gasteiger partial charge in [-0.1, -0.05) is 59.6 Å². The van der Waals surface area contributed by atoms with E-state index in [1.807, 2.05) is 36.4 Å². The molecule has 0 aliphatic heterocycles. The van der Waals surface area contributed by atoms with E-state index in [1.165, 1.54) is 16.7 Å². The minimum atomic E-state index is 0.749. The maximum absolute atomic E-state index is 5.97. The Bertz CT molecular complexity index is 1000. The number of hydrogen-bond donors (Lipinski definition) is 1. The van der Waals surface area contributed by atoms with Crippen LogP contribution in [-0.2, 0) is 12.8 Å². The molecule has 0 radical (unpaired) electrons. The number of aromatic nitrogens is 2. The number of hydrogen-bond acceptors (Lipinski definition) is 1. The number of rotatable bonds is 4. The van der Waals surface area contributed by atoms with Crippen molar-refractivity contribution in [2.75, 3.05) is 0 Å². The Morgan fingerprint density at radius 3 is 1.96 bits per heavy atom. The summed E-state index contributed by atoms with van der Waals surface area (Å²) in [5, 5.41) is 1.51. The van der Waals surface area contributed by atoms with Crippen molar-refractivity contribution in [3.05, 3.63) is 99.3 Å². The van der Waals surface area contributed by atoms with Crippen molar-refractivity contribution in [2.24, 2.45) is 0 Å². The summed E-state index contributed by atoms with van der Waals surface area (Å²) in [6.45, 7) is 0. The molecule has 0 saturated carbocycles. The predicted octanol–water partition coefficient (Wildman–Crippen LogP) is 6.05. The number of imidazole rings is 1. The zero-order valence-corrected chi connectivity index (χ0v) is 15.0. The highest BCUT2D eigenvalue weighted by Gasteiger charge is 2.09. The Hall–Kier alpha value is -2.29. The molecule has 25 heavy (non-hydrogen) atoms. The van der Waals surface area contributed by atoms with Gasteiger partial charge in [-0.2, -0.15) is 0 Å². The molecule has 0 atom stereocenters. The molecule has 2 nitrogen and oxygen atoms in total. The first kappa shape index (κ1) is 16.2. The largest absolute Gasteiger partial charge is 0.342 e. The topological polar surface area (TPSA) is 28.7 Å². The highest BCUT2D eigenvalue weighted by Crippen LogP contribution is 2.22. The fourth-order valence-electron chi connectivity index (χ4n) is 2.99. The zero-order chi connectivity index (χ0) is 17.2. The molecule has 4 rings (SSSR count). The van der Waals surface area contributed by atoms with Crippen molar-refractivity contribution in [3.8, 4) is 0 Å². The van der Waals surface area contributed by atoms with Gasteiger partial charge < -0.3 is 4.98 Å². The number of aromatic amines is 1. The first-order valence-corrected chi connectivity index (χ1v) is 8.88. The van der Waals surface area contributed by atoms with Gasteiger partial charge in [-0.05, 0) is 53.4 Å². The van der Waals surface area contributed by atoms with Crippen molar-refractivity contribution < 1.29 is 0 Å². The van der Waals surface area contributed by atoms with Gasteiger partial charge in [0.15, 0.2) is 0 Å². The summed E-state index contributed by atoms with van der Waals surface area (Å²) in [6.07, 6.45) is 1.59. The van der Waals surface area contributed by atoms with Crippen LogP contribution < -0.4 is 0 Å². The lowest BCUT2D eigenvalue weighted by atomic mass is 10.0. The van der Waals surface area contributed by atoms with E-state index in [0.717, 1.165) is 39.7 Å². The van der Waals surface area contributed by atoms with Gasteiger partial charge in [0.25, 0.3) is 0 Å². The Balaban J connectivity index is 1.63. The third kappa shape index (κ3) is 3.71. The maximum Gasteiger partial charge on any atom is 0.111 e. The van der Waals surface area contributed by atoms with Crippen LogP contribution in [0.2, 0.25) is 10.0 Å². The second-order valence-corrected chi connectivity index (χ2v) is 6.98. The van der Waals surface area contributed by atoms with Crippen LogP contribution in [0.15, 0.2) is 66.7 Å². The molecule has 0 saturated heterocycles. The molecule has 4 aromatic rings. The van der Waals surface area contributed by atoms with Gasteiger partial charge in [0.2, 0.25) is 0 Å². The van der Waals surface area contributed by atoms with E-state index in [2.05, 4.69) is 35.3 Å². The Kier molecular flexibility index (Phi) is 4.48. The van der Waals surface area contributed by atoms with Gasteiger partial charge in [-0.3, -0.25) is 0 Å². The molecular formula is C21H16Cl2N2. The summed E-state index contributed by atoms with van der Waals surface area (Å²) in [6, 6.07) is 22.1. The minimum Gasteiger partial charge on any atom is -0.342 e. The van der Waals surface area contributed by atoms with Gasteiger partial charge >= 0.3 is 0 Å². The number of benzene rings is 3. The molecule has 1 heterocycles. The SMILES string of the molecule is Clc1ccc(Cc2nc3c(Cc4ccc(Cl)cc4)cccc3[nH]2)cc1. The van der Waals surface area contributed by atoms with Gasteiger partial charge in [0.05, 0.1) is 11.0 Å². The predicted molar refractivity (Wildman–Crippen MR) is 105 cm³/mol. The molecule has 0 aliphatic carbocycles. The van der Waals surface area contributed by atoms with Crippen LogP contribution in [0.3, 0.4) is 0 Å². The van der Waals surface area contributed by atoms with Crippen molar-refractivity contribution >= 4 is 34.2 Å². The first-order valence-electron chi connectivity index (χ1n) is 8.13. The molecule has 3 aromatic carbocycles. The quantitative estimate of drug-likeness (QED) is 0.467. The van der Waals surface area contributed by atoms with Gasteiger partial charge in [-0.15, -0.1) is 0 Å². The normalized spacial score (nSPS) is 11.1. The van der Waals surface area contributed by atoms with Crippen LogP contribution in [-0.4, -0.2) is 9.97 Å².